The van der Waals surface area contributed by atoms with Crippen LogP contribution in [0.2, 0.25) is 0 Å². The highest BCUT2D eigenvalue weighted by molar-refractivity contribution is 5.16. The van der Waals surface area contributed by atoms with Crippen LogP contribution in [-0.2, 0) is 12.0 Å². The van der Waals surface area contributed by atoms with Gasteiger partial charge in [0.2, 0.25) is 5.89 Å². The predicted octanol–water partition coefficient (Wildman–Crippen LogP) is 1.95. The Labute approximate surface area is 124 Å². The van der Waals surface area contributed by atoms with Crippen LogP contribution >= 0.6 is 0 Å². The number of nitrogens with zero attached hydrogens (tertiary/aromatic N) is 2. The fourth-order valence-electron chi connectivity index (χ4n) is 2.77. The molecular formula is C16H21N3O2. The first-order chi connectivity index (χ1) is 10.2. The lowest BCUT2D eigenvalue weighted by Crippen LogP contribution is -2.51. The van der Waals surface area contributed by atoms with Crippen molar-refractivity contribution in [2.24, 2.45) is 0 Å². The van der Waals surface area contributed by atoms with Gasteiger partial charge in [-0.05, 0) is 31.2 Å². The maximum absolute atomic E-state index is 10.2. The van der Waals surface area contributed by atoms with Gasteiger partial charge < -0.3 is 14.9 Å². The molecule has 0 aliphatic heterocycles. The molecular weight excluding hydrogens is 266 g/mol. The minimum absolute atomic E-state index is 0.213. The van der Waals surface area contributed by atoms with Crippen LogP contribution in [0.3, 0.4) is 0 Å². The van der Waals surface area contributed by atoms with E-state index in [0.29, 0.717) is 18.9 Å². The molecule has 2 N–H and O–H groups in total. The summed E-state index contributed by atoms with van der Waals surface area (Å²) in [6, 6.07) is 10.0. The van der Waals surface area contributed by atoms with Crippen molar-refractivity contribution >= 4 is 0 Å². The third kappa shape index (κ3) is 3.14. The van der Waals surface area contributed by atoms with Crippen molar-refractivity contribution < 1.29 is 9.63 Å². The average molecular weight is 287 g/mol. The van der Waals surface area contributed by atoms with Crippen molar-refractivity contribution in [3.8, 4) is 0 Å². The van der Waals surface area contributed by atoms with Gasteiger partial charge in [-0.3, -0.25) is 0 Å². The number of aromatic nitrogens is 2. The second-order valence-electron chi connectivity index (χ2n) is 5.80. The highest BCUT2D eigenvalue weighted by Crippen LogP contribution is 2.39. The molecule has 5 nitrogen and oxygen atoms in total. The van der Waals surface area contributed by atoms with Gasteiger partial charge in [0.15, 0.2) is 5.82 Å². The second kappa shape index (κ2) is 5.95. The summed E-state index contributed by atoms with van der Waals surface area (Å²) in [5, 5.41) is 17.7. The summed E-state index contributed by atoms with van der Waals surface area (Å²) in [5.41, 5.74) is 0.931. The van der Waals surface area contributed by atoms with Crippen molar-refractivity contribution in [2.45, 2.75) is 44.2 Å². The molecule has 1 aliphatic carbocycles. The standard InChI is InChI=1S/C16H21N3O2/c1-12-18-15(19-21-12)16(8-5-9-16)17-11-14(20)10-13-6-3-2-4-7-13/h2-4,6-7,14,17,20H,5,8-11H2,1H3. The van der Waals surface area contributed by atoms with Gasteiger partial charge in [0.05, 0.1) is 11.6 Å². The van der Waals surface area contributed by atoms with Crippen LogP contribution in [-0.4, -0.2) is 27.9 Å². The Bertz CT molecular complexity index is 578. The Balaban J connectivity index is 1.58. The molecule has 0 amide bonds. The van der Waals surface area contributed by atoms with Crippen LogP contribution < -0.4 is 5.32 Å². The highest BCUT2D eigenvalue weighted by Gasteiger charge is 2.42. The topological polar surface area (TPSA) is 71.2 Å². The molecule has 1 unspecified atom stereocenters. The fourth-order valence-corrected chi connectivity index (χ4v) is 2.77. The third-order valence-corrected chi connectivity index (χ3v) is 4.15. The molecule has 1 atom stereocenters. The van der Waals surface area contributed by atoms with Crippen LogP contribution in [0.4, 0.5) is 0 Å². The van der Waals surface area contributed by atoms with E-state index in [-0.39, 0.29) is 5.54 Å². The summed E-state index contributed by atoms with van der Waals surface area (Å²) in [6.45, 7) is 2.33. The first-order valence-corrected chi connectivity index (χ1v) is 7.46. The van der Waals surface area contributed by atoms with Crippen molar-refractivity contribution in [1.82, 2.24) is 15.5 Å². The molecule has 0 saturated heterocycles. The van der Waals surface area contributed by atoms with E-state index in [9.17, 15) is 5.11 Å². The van der Waals surface area contributed by atoms with Crippen LogP contribution in [0.1, 0.15) is 36.5 Å². The summed E-state index contributed by atoms with van der Waals surface area (Å²) in [6.07, 6.45) is 3.36. The Morgan fingerprint density at radius 3 is 2.67 bits per heavy atom. The number of hydrogen-bond acceptors (Lipinski definition) is 5. The smallest absolute Gasteiger partial charge is 0.223 e. The predicted molar refractivity (Wildman–Crippen MR) is 78.7 cm³/mol. The monoisotopic (exact) mass is 287 g/mol. The fraction of sp³-hybridized carbons (Fsp3) is 0.500. The third-order valence-electron chi connectivity index (χ3n) is 4.15. The lowest BCUT2D eigenvalue weighted by atomic mass is 9.76. The molecule has 1 heterocycles. The van der Waals surface area contributed by atoms with Crippen molar-refractivity contribution in [2.75, 3.05) is 6.54 Å². The summed E-state index contributed by atoms with van der Waals surface area (Å²) >= 11 is 0. The van der Waals surface area contributed by atoms with E-state index in [0.717, 1.165) is 30.7 Å². The Morgan fingerprint density at radius 1 is 1.33 bits per heavy atom. The van der Waals surface area contributed by atoms with Gasteiger partial charge in [0.1, 0.15) is 0 Å². The zero-order valence-electron chi connectivity index (χ0n) is 12.2. The number of nitrogens with one attached hydrogen (secondary N) is 1. The molecule has 112 valence electrons. The van der Waals surface area contributed by atoms with Gasteiger partial charge in [-0.25, -0.2) is 0 Å². The molecule has 0 spiro atoms. The Morgan fingerprint density at radius 2 is 2.10 bits per heavy atom. The first-order valence-electron chi connectivity index (χ1n) is 7.46. The van der Waals surface area contributed by atoms with Gasteiger partial charge in [-0.1, -0.05) is 35.5 Å². The van der Waals surface area contributed by atoms with Gasteiger partial charge in [0.25, 0.3) is 0 Å². The van der Waals surface area contributed by atoms with Crippen LogP contribution in [0, 0.1) is 6.92 Å². The number of aliphatic hydroxyl groups excluding tert-OH is 1. The van der Waals surface area contributed by atoms with Gasteiger partial charge >= 0.3 is 0 Å². The molecule has 1 saturated carbocycles. The largest absolute Gasteiger partial charge is 0.391 e. The van der Waals surface area contributed by atoms with Crippen LogP contribution in [0.25, 0.3) is 0 Å². The number of rotatable bonds is 6. The van der Waals surface area contributed by atoms with E-state index >= 15 is 0 Å². The molecule has 5 heteroatoms. The quantitative estimate of drug-likeness (QED) is 0.849. The molecule has 0 bridgehead atoms. The maximum atomic E-state index is 10.2. The molecule has 2 aromatic rings. The number of aryl methyl sites for hydroxylation is 1. The first kappa shape index (κ1) is 14.2. The number of aliphatic hydroxyl groups is 1. The molecule has 21 heavy (non-hydrogen) atoms. The van der Waals surface area contributed by atoms with E-state index in [2.05, 4.69) is 15.5 Å². The number of hydrogen-bond donors (Lipinski definition) is 2. The second-order valence-corrected chi connectivity index (χ2v) is 5.80. The van der Waals surface area contributed by atoms with Crippen molar-refractivity contribution in [3.63, 3.8) is 0 Å². The molecule has 0 radical (unpaired) electrons. The SMILES string of the molecule is Cc1nc(C2(NCC(O)Cc3ccccc3)CCC2)no1. The van der Waals surface area contributed by atoms with Crippen LogP contribution in [0.15, 0.2) is 34.9 Å². The van der Waals surface area contributed by atoms with Gasteiger partial charge in [-0.2, -0.15) is 4.98 Å². The van der Waals surface area contributed by atoms with Crippen molar-refractivity contribution in [3.05, 3.63) is 47.6 Å². The minimum atomic E-state index is -0.419. The zero-order valence-corrected chi connectivity index (χ0v) is 12.2. The van der Waals surface area contributed by atoms with E-state index < -0.39 is 6.10 Å². The average Bonchev–Trinajstić information content (AvgIpc) is 2.86. The summed E-state index contributed by atoms with van der Waals surface area (Å²) < 4.78 is 5.09. The van der Waals surface area contributed by atoms with Crippen LogP contribution in [0.5, 0.6) is 0 Å². The summed E-state index contributed by atoms with van der Waals surface area (Å²) in [4.78, 5) is 4.34. The number of benzene rings is 1. The van der Waals surface area contributed by atoms with E-state index in [1.54, 1.807) is 6.92 Å². The van der Waals surface area contributed by atoms with Gasteiger partial charge in [0, 0.05) is 13.5 Å². The maximum Gasteiger partial charge on any atom is 0.223 e. The zero-order chi connectivity index (χ0) is 14.7. The lowest BCUT2D eigenvalue weighted by molar-refractivity contribution is 0.114. The molecule has 1 aliphatic rings. The minimum Gasteiger partial charge on any atom is -0.391 e. The van der Waals surface area contributed by atoms with E-state index in [4.69, 9.17) is 4.52 Å². The molecule has 1 fully saturated rings. The van der Waals surface area contributed by atoms with E-state index in [1.165, 1.54) is 0 Å². The Kier molecular flexibility index (Phi) is 4.03. The molecule has 1 aromatic carbocycles. The lowest BCUT2D eigenvalue weighted by Gasteiger charge is -2.40. The Hall–Kier alpha value is -1.72. The molecule has 1 aromatic heterocycles. The summed E-state index contributed by atoms with van der Waals surface area (Å²) in [5.74, 6) is 1.31. The summed E-state index contributed by atoms with van der Waals surface area (Å²) in [7, 11) is 0. The highest BCUT2D eigenvalue weighted by atomic mass is 16.5. The van der Waals surface area contributed by atoms with E-state index in [1.807, 2.05) is 30.3 Å². The van der Waals surface area contributed by atoms with Crippen molar-refractivity contribution in [1.29, 1.82) is 0 Å². The molecule has 3 rings (SSSR count). The normalized spacial score (nSPS) is 18.2. The van der Waals surface area contributed by atoms with Gasteiger partial charge in [-0.15, -0.1) is 0 Å².